The second kappa shape index (κ2) is 6.88. The zero-order valence-corrected chi connectivity index (χ0v) is 13.9. The minimum atomic E-state index is -0.269. The molecule has 2 atom stereocenters. The lowest BCUT2D eigenvalue weighted by Gasteiger charge is -2.23. The fourth-order valence-electron chi connectivity index (χ4n) is 3.51. The lowest BCUT2D eigenvalue weighted by molar-refractivity contribution is 0.0962. The summed E-state index contributed by atoms with van der Waals surface area (Å²) in [6, 6.07) is 6.36. The van der Waals surface area contributed by atoms with Crippen LogP contribution in [0.15, 0.2) is 30.5 Å². The highest BCUT2D eigenvalue weighted by Gasteiger charge is 2.28. The van der Waals surface area contributed by atoms with Crippen molar-refractivity contribution < 1.29 is 13.9 Å². The van der Waals surface area contributed by atoms with Gasteiger partial charge in [-0.25, -0.2) is 14.4 Å². The van der Waals surface area contributed by atoms with E-state index in [1.165, 1.54) is 12.1 Å². The highest BCUT2D eigenvalue weighted by Crippen LogP contribution is 2.32. The molecule has 1 aromatic heterocycles. The van der Waals surface area contributed by atoms with Gasteiger partial charge in [0.25, 0.3) is 0 Å². The first-order valence-corrected chi connectivity index (χ1v) is 8.69. The van der Waals surface area contributed by atoms with Crippen molar-refractivity contribution in [1.29, 1.82) is 0 Å². The molecule has 0 spiro atoms. The molecule has 2 aliphatic rings. The maximum atomic E-state index is 13.1. The Kier molecular flexibility index (Phi) is 4.44. The molecule has 1 N–H and O–H groups in total. The van der Waals surface area contributed by atoms with Gasteiger partial charge in [0, 0.05) is 25.8 Å². The van der Waals surface area contributed by atoms with E-state index in [1.807, 2.05) is 0 Å². The summed E-state index contributed by atoms with van der Waals surface area (Å²) in [5.74, 6) is 0.332. The third-order valence-electron chi connectivity index (χ3n) is 4.89. The molecule has 4 rings (SSSR count). The van der Waals surface area contributed by atoms with Crippen LogP contribution >= 0.6 is 0 Å². The molecule has 1 aromatic carbocycles. The summed E-state index contributed by atoms with van der Waals surface area (Å²) >= 11 is 0. The van der Waals surface area contributed by atoms with E-state index in [-0.39, 0.29) is 23.6 Å². The molecule has 0 unspecified atom stereocenters. The van der Waals surface area contributed by atoms with Crippen LogP contribution in [0.5, 0.6) is 0 Å². The maximum absolute atomic E-state index is 13.1. The van der Waals surface area contributed by atoms with Crippen molar-refractivity contribution in [2.45, 2.75) is 37.7 Å². The normalized spacial score (nSPS) is 22.7. The summed E-state index contributed by atoms with van der Waals surface area (Å²) in [4.78, 5) is 21.2. The van der Waals surface area contributed by atoms with Crippen LogP contribution in [0.4, 0.5) is 10.3 Å². The SMILES string of the molecule is O=C1C[C@@H](c2ccc(F)cc2)Cc2nc(NC[C@H]3CCCO3)ncc21. The molecule has 130 valence electrons. The molecule has 1 fully saturated rings. The van der Waals surface area contributed by atoms with Gasteiger partial charge in [0.2, 0.25) is 5.95 Å². The van der Waals surface area contributed by atoms with E-state index in [9.17, 15) is 9.18 Å². The number of benzene rings is 1. The molecule has 1 aliphatic carbocycles. The first-order valence-electron chi connectivity index (χ1n) is 8.69. The fourth-order valence-corrected chi connectivity index (χ4v) is 3.51. The van der Waals surface area contributed by atoms with Crippen molar-refractivity contribution in [3.8, 4) is 0 Å². The van der Waals surface area contributed by atoms with Gasteiger partial charge in [-0.1, -0.05) is 12.1 Å². The average Bonchev–Trinajstić information content (AvgIpc) is 3.14. The molecule has 2 aromatic rings. The standard InChI is InChI=1S/C19H20FN3O2/c20-14-5-3-12(4-6-14)13-8-17-16(18(24)9-13)11-22-19(23-17)21-10-15-2-1-7-25-15/h3-6,11,13,15H,1-2,7-10H2,(H,21,22,23)/t13-,15+/m0/s1. The monoisotopic (exact) mass is 341 g/mol. The minimum absolute atomic E-state index is 0.0292. The Bertz CT molecular complexity index is 773. The Morgan fingerprint density at radius 2 is 2.08 bits per heavy atom. The van der Waals surface area contributed by atoms with E-state index in [4.69, 9.17) is 4.74 Å². The molecule has 0 saturated carbocycles. The molecule has 1 aliphatic heterocycles. The van der Waals surface area contributed by atoms with Gasteiger partial charge in [-0.05, 0) is 42.9 Å². The predicted molar refractivity (Wildman–Crippen MR) is 91.3 cm³/mol. The van der Waals surface area contributed by atoms with E-state index in [0.29, 0.717) is 30.9 Å². The van der Waals surface area contributed by atoms with Gasteiger partial charge < -0.3 is 10.1 Å². The zero-order valence-electron chi connectivity index (χ0n) is 13.9. The number of halogens is 1. The molecular formula is C19H20FN3O2. The van der Waals surface area contributed by atoms with Gasteiger partial charge in [-0.15, -0.1) is 0 Å². The Morgan fingerprint density at radius 3 is 2.84 bits per heavy atom. The Hall–Kier alpha value is -2.34. The lowest BCUT2D eigenvalue weighted by Crippen LogP contribution is -2.23. The number of hydrogen-bond donors (Lipinski definition) is 1. The lowest BCUT2D eigenvalue weighted by atomic mass is 9.82. The summed E-state index contributed by atoms with van der Waals surface area (Å²) in [5, 5.41) is 3.21. The third kappa shape index (κ3) is 3.54. The minimum Gasteiger partial charge on any atom is -0.376 e. The smallest absolute Gasteiger partial charge is 0.222 e. The summed E-state index contributed by atoms with van der Waals surface area (Å²) in [5.41, 5.74) is 2.32. The summed E-state index contributed by atoms with van der Waals surface area (Å²) in [6.45, 7) is 1.49. The number of rotatable bonds is 4. The number of carbonyl (C=O) groups is 1. The number of aromatic nitrogens is 2. The first kappa shape index (κ1) is 16.1. The van der Waals surface area contributed by atoms with Crippen LogP contribution in [0, 0.1) is 5.82 Å². The number of fused-ring (bicyclic) bond motifs is 1. The average molecular weight is 341 g/mol. The predicted octanol–water partition coefficient (Wildman–Crippen LogP) is 3.12. The number of ether oxygens (including phenoxy) is 1. The zero-order chi connectivity index (χ0) is 17.2. The van der Waals surface area contributed by atoms with Crippen LogP contribution in [0.1, 0.15) is 46.8 Å². The Morgan fingerprint density at radius 1 is 1.24 bits per heavy atom. The molecule has 2 heterocycles. The number of Topliss-reactive ketones (excluding diaryl/α,β-unsaturated/α-hetero) is 1. The van der Waals surface area contributed by atoms with E-state index < -0.39 is 0 Å². The van der Waals surface area contributed by atoms with Crippen LogP contribution in [-0.4, -0.2) is 35.0 Å². The highest BCUT2D eigenvalue weighted by atomic mass is 19.1. The first-order chi connectivity index (χ1) is 12.2. The fraction of sp³-hybridized carbons (Fsp3) is 0.421. The molecule has 0 bridgehead atoms. The van der Waals surface area contributed by atoms with Crippen molar-refractivity contribution in [3.63, 3.8) is 0 Å². The van der Waals surface area contributed by atoms with Gasteiger partial charge in [0.15, 0.2) is 5.78 Å². The van der Waals surface area contributed by atoms with Crippen LogP contribution in [0.3, 0.4) is 0 Å². The number of anilines is 1. The molecule has 1 saturated heterocycles. The van der Waals surface area contributed by atoms with E-state index >= 15 is 0 Å². The van der Waals surface area contributed by atoms with E-state index in [2.05, 4.69) is 15.3 Å². The van der Waals surface area contributed by atoms with Crippen molar-refractivity contribution in [3.05, 3.63) is 53.1 Å². The molecule has 0 radical (unpaired) electrons. The van der Waals surface area contributed by atoms with Crippen LogP contribution < -0.4 is 5.32 Å². The van der Waals surface area contributed by atoms with E-state index in [0.717, 1.165) is 30.7 Å². The number of nitrogens with zero attached hydrogens (tertiary/aromatic N) is 2. The Balaban J connectivity index is 1.51. The van der Waals surface area contributed by atoms with Gasteiger partial charge in [-0.3, -0.25) is 4.79 Å². The number of carbonyl (C=O) groups excluding carboxylic acids is 1. The van der Waals surface area contributed by atoms with Crippen LogP contribution in [0.25, 0.3) is 0 Å². The maximum Gasteiger partial charge on any atom is 0.222 e. The quantitative estimate of drug-likeness (QED) is 0.926. The van der Waals surface area contributed by atoms with Gasteiger partial charge in [-0.2, -0.15) is 0 Å². The number of nitrogens with one attached hydrogen (secondary N) is 1. The van der Waals surface area contributed by atoms with Crippen molar-refractivity contribution >= 4 is 11.7 Å². The summed E-state index contributed by atoms with van der Waals surface area (Å²) < 4.78 is 18.7. The summed E-state index contributed by atoms with van der Waals surface area (Å²) in [7, 11) is 0. The summed E-state index contributed by atoms with van der Waals surface area (Å²) in [6.07, 6.45) is 5.01. The topological polar surface area (TPSA) is 64.1 Å². The van der Waals surface area contributed by atoms with Crippen molar-refractivity contribution in [1.82, 2.24) is 9.97 Å². The molecule has 0 amide bonds. The molecular weight excluding hydrogens is 321 g/mol. The third-order valence-corrected chi connectivity index (χ3v) is 4.89. The van der Waals surface area contributed by atoms with Gasteiger partial charge in [0.1, 0.15) is 5.82 Å². The number of hydrogen-bond acceptors (Lipinski definition) is 5. The van der Waals surface area contributed by atoms with Gasteiger partial charge in [0.05, 0.1) is 17.4 Å². The van der Waals surface area contributed by atoms with E-state index in [1.54, 1.807) is 18.3 Å². The number of ketones is 1. The second-order valence-corrected chi connectivity index (χ2v) is 6.65. The second-order valence-electron chi connectivity index (χ2n) is 6.65. The van der Waals surface area contributed by atoms with Gasteiger partial charge >= 0.3 is 0 Å². The largest absolute Gasteiger partial charge is 0.376 e. The molecule has 25 heavy (non-hydrogen) atoms. The highest BCUT2D eigenvalue weighted by molar-refractivity contribution is 5.98. The molecule has 5 nitrogen and oxygen atoms in total. The van der Waals surface area contributed by atoms with Crippen LogP contribution in [-0.2, 0) is 11.2 Å². The van der Waals surface area contributed by atoms with Crippen molar-refractivity contribution in [2.75, 3.05) is 18.5 Å². The van der Waals surface area contributed by atoms with Crippen molar-refractivity contribution in [2.24, 2.45) is 0 Å². The molecule has 6 heteroatoms. The van der Waals surface area contributed by atoms with Crippen LogP contribution in [0.2, 0.25) is 0 Å². The Labute approximate surface area is 145 Å².